The van der Waals surface area contributed by atoms with Gasteiger partial charge in [0, 0.05) is 12.1 Å². The number of rotatable bonds is 5. The minimum absolute atomic E-state index is 0.0363. The van der Waals surface area contributed by atoms with E-state index < -0.39 is 40.3 Å². The fourth-order valence-electron chi connectivity index (χ4n) is 2.71. The van der Waals surface area contributed by atoms with E-state index in [1.807, 2.05) is 0 Å². The Balaban J connectivity index is 1.92. The number of halogens is 3. The maximum absolute atomic E-state index is 13.5. The Hall–Kier alpha value is -3.94. The number of ether oxygens (including phenoxy) is 1. The summed E-state index contributed by atoms with van der Waals surface area (Å²) >= 11 is 0. The van der Waals surface area contributed by atoms with Crippen molar-refractivity contribution in [1.82, 2.24) is 0 Å². The molecule has 3 N–H and O–H groups in total. The Morgan fingerprint density at radius 2 is 1.50 bits per heavy atom. The molecule has 0 radical (unpaired) electrons. The molecule has 0 amide bonds. The van der Waals surface area contributed by atoms with Crippen molar-refractivity contribution in [3.63, 3.8) is 0 Å². The van der Waals surface area contributed by atoms with Gasteiger partial charge in [0.25, 0.3) is 0 Å². The van der Waals surface area contributed by atoms with Crippen LogP contribution in [0.5, 0.6) is 28.7 Å². The van der Waals surface area contributed by atoms with Crippen LogP contribution < -0.4 is 4.74 Å². The first-order chi connectivity index (χ1) is 14.1. The number of carbonyl (C=O) groups excluding carboxylic acids is 1. The summed E-state index contributed by atoms with van der Waals surface area (Å²) in [6, 6.07) is 13.2. The highest BCUT2D eigenvalue weighted by molar-refractivity contribution is 6.10. The van der Waals surface area contributed by atoms with E-state index in [0.717, 1.165) is 36.4 Å². The van der Waals surface area contributed by atoms with Crippen LogP contribution in [-0.2, 0) is 6.18 Å². The number of phenolic OH excluding ortho intramolecular Hbond substituents is 3. The van der Waals surface area contributed by atoms with Crippen LogP contribution in [0.4, 0.5) is 13.2 Å². The van der Waals surface area contributed by atoms with E-state index in [9.17, 15) is 33.3 Å². The second-order valence-corrected chi connectivity index (χ2v) is 6.22. The van der Waals surface area contributed by atoms with Gasteiger partial charge in [0.1, 0.15) is 34.3 Å². The number of alkyl halides is 3. The molecule has 8 heteroatoms. The van der Waals surface area contributed by atoms with Gasteiger partial charge in [-0.1, -0.05) is 30.3 Å². The summed E-state index contributed by atoms with van der Waals surface area (Å²) in [5.74, 6) is -2.50. The number of carbonyl (C=O) groups is 1. The lowest BCUT2D eigenvalue weighted by molar-refractivity contribution is -0.137. The minimum atomic E-state index is -4.72. The zero-order chi connectivity index (χ0) is 21.9. The first-order valence-electron chi connectivity index (χ1n) is 8.56. The molecule has 30 heavy (non-hydrogen) atoms. The molecule has 154 valence electrons. The molecule has 0 aliphatic carbocycles. The van der Waals surface area contributed by atoms with E-state index in [1.165, 1.54) is 6.07 Å². The second kappa shape index (κ2) is 8.20. The summed E-state index contributed by atoms with van der Waals surface area (Å²) < 4.78 is 45.9. The summed E-state index contributed by atoms with van der Waals surface area (Å²) in [5.41, 5.74) is -1.88. The Morgan fingerprint density at radius 3 is 2.10 bits per heavy atom. The van der Waals surface area contributed by atoms with Gasteiger partial charge in [-0.3, -0.25) is 4.79 Å². The maximum Gasteiger partial charge on any atom is 0.417 e. The van der Waals surface area contributed by atoms with Crippen molar-refractivity contribution in [2.75, 3.05) is 0 Å². The van der Waals surface area contributed by atoms with Gasteiger partial charge in [-0.15, -0.1) is 0 Å². The van der Waals surface area contributed by atoms with Crippen LogP contribution in [0, 0.1) is 0 Å². The summed E-state index contributed by atoms with van der Waals surface area (Å²) in [5, 5.41) is 28.7. The van der Waals surface area contributed by atoms with Crippen molar-refractivity contribution >= 4 is 11.9 Å². The molecule has 0 saturated carbocycles. The third kappa shape index (κ3) is 4.72. The fraction of sp³-hybridized carbons (Fsp3) is 0.0455. The molecule has 0 aromatic heterocycles. The molecule has 5 nitrogen and oxygen atoms in total. The lowest BCUT2D eigenvalue weighted by Gasteiger charge is -2.13. The smallest absolute Gasteiger partial charge is 0.417 e. The Kier molecular flexibility index (Phi) is 5.68. The molecule has 0 aliphatic rings. The summed E-state index contributed by atoms with van der Waals surface area (Å²) in [6.45, 7) is 0. The summed E-state index contributed by atoms with van der Waals surface area (Å²) in [6.07, 6.45) is -3.01. The highest BCUT2D eigenvalue weighted by Gasteiger charge is 2.33. The quantitative estimate of drug-likeness (QED) is 0.377. The van der Waals surface area contributed by atoms with Crippen LogP contribution >= 0.6 is 0 Å². The van der Waals surface area contributed by atoms with Gasteiger partial charge in [-0.2, -0.15) is 13.2 Å². The average molecular weight is 416 g/mol. The second-order valence-electron chi connectivity index (χ2n) is 6.22. The normalized spacial score (nSPS) is 11.6. The van der Waals surface area contributed by atoms with E-state index in [4.69, 9.17) is 4.74 Å². The van der Waals surface area contributed by atoms with Crippen LogP contribution in [0.1, 0.15) is 21.5 Å². The lowest BCUT2D eigenvalue weighted by Crippen LogP contribution is -2.08. The van der Waals surface area contributed by atoms with Crippen molar-refractivity contribution < 1.29 is 38.0 Å². The first-order valence-corrected chi connectivity index (χ1v) is 8.56. The maximum atomic E-state index is 13.5. The van der Waals surface area contributed by atoms with Crippen molar-refractivity contribution in [3.05, 3.63) is 83.4 Å². The molecule has 0 unspecified atom stereocenters. The van der Waals surface area contributed by atoms with Gasteiger partial charge in [-0.25, -0.2) is 0 Å². The Morgan fingerprint density at radius 1 is 0.867 bits per heavy atom. The monoisotopic (exact) mass is 416 g/mol. The van der Waals surface area contributed by atoms with Crippen LogP contribution in [0.25, 0.3) is 6.08 Å². The first kappa shape index (κ1) is 20.8. The average Bonchev–Trinajstić information content (AvgIpc) is 2.66. The third-order valence-electron chi connectivity index (χ3n) is 4.05. The zero-order valence-corrected chi connectivity index (χ0v) is 15.2. The summed E-state index contributed by atoms with van der Waals surface area (Å²) in [4.78, 5) is 12.2. The van der Waals surface area contributed by atoms with Crippen LogP contribution in [-0.4, -0.2) is 21.1 Å². The van der Waals surface area contributed by atoms with Gasteiger partial charge >= 0.3 is 6.18 Å². The highest BCUT2D eigenvalue weighted by Crippen LogP contribution is 2.37. The molecule has 0 aliphatic heterocycles. The fourth-order valence-corrected chi connectivity index (χ4v) is 2.71. The third-order valence-corrected chi connectivity index (χ3v) is 4.05. The molecule has 0 bridgehead atoms. The molecule has 3 aromatic rings. The van der Waals surface area contributed by atoms with E-state index in [-0.39, 0.29) is 11.3 Å². The van der Waals surface area contributed by atoms with Crippen LogP contribution in [0.2, 0.25) is 0 Å². The largest absolute Gasteiger partial charge is 0.508 e. The predicted octanol–water partition coefficient (Wildman–Crippen LogP) is 5.51. The van der Waals surface area contributed by atoms with Crippen LogP contribution in [0.15, 0.2) is 66.7 Å². The van der Waals surface area contributed by atoms with Crippen LogP contribution in [0.3, 0.4) is 0 Å². The van der Waals surface area contributed by atoms with E-state index >= 15 is 0 Å². The number of allylic oxidation sites excluding steroid dienone is 1. The van der Waals surface area contributed by atoms with Gasteiger partial charge < -0.3 is 20.1 Å². The number of para-hydroxylation sites is 1. The number of hydrogen-bond acceptors (Lipinski definition) is 5. The van der Waals surface area contributed by atoms with Crippen molar-refractivity contribution in [2.24, 2.45) is 0 Å². The zero-order valence-electron chi connectivity index (χ0n) is 15.2. The van der Waals surface area contributed by atoms with Gasteiger partial charge in [-0.05, 0) is 35.9 Å². The molecule has 3 rings (SSSR count). The molecule has 0 fully saturated rings. The topological polar surface area (TPSA) is 87.0 Å². The van der Waals surface area contributed by atoms with Crippen molar-refractivity contribution in [1.29, 1.82) is 0 Å². The molecule has 0 saturated heterocycles. The molecule has 0 spiro atoms. The summed E-state index contributed by atoms with van der Waals surface area (Å²) in [7, 11) is 0. The molecule has 0 heterocycles. The van der Waals surface area contributed by atoms with Crippen molar-refractivity contribution in [2.45, 2.75) is 6.18 Å². The van der Waals surface area contributed by atoms with E-state index in [0.29, 0.717) is 5.75 Å². The Labute approximate surface area is 168 Å². The number of ketones is 1. The number of phenols is 3. The number of benzene rings is 3. The van der Waals surface area contributed by atoms with E-state index in [1.54, 1.807) is 30.3 Å². The van der Waals surface area contributed by atoms with Gasteiger partial charge in [0.05, 0.1) is 5.56 Å². The molecule has 3 aromatic carbocycles. The standard InChI is InChI=1S/C22H15F3O5/c23-22(24,25)17-12-16(30-15-4-2-1-3-5-15)8-6-13(17)7-9-18(27)21-19(28)10-14(26)11-20(21)29/h1-12,26,28-29H/b9-7+. The van der Waals surface area contributed by atoms with E-state index in [2.05, 4.69) is 0 Å². The molecular formula is C22H15F3O5. The SMILES string of the molecule is O=C(/C=C/c1ccc(Oc2ccccc2)cc1C(F)(F)F)c1c(O)cc(O)cc1O. The van der Waals surface area contributed by atoms with Gasteiger partial charge in [0.15, 0.2) is 5.78 Å². The lowest BCUT2D eigenvalue weighted by atomic mass is 10.0. The molecular weight excluding hydrogens is 401 g/mol. The minimum Gasteiger partial charge on any atom is -0.508 e. The Bertz CT molecular complexity index is 1080. The number of aromatic hydroxyl groups is 3. The predicted molar refractivity (Wildman–Crippen MR) is 103 cm³/mol. The van der Waals surface area contributed by atoms with Crippen molar-refractivity contribution in [3.8, 4) is 28.7 Å². The number of hydrogen-bond donors (Lipinski definition) is 3. The molecule has 0 atom stereocenters. The highest BCUT2D eigenvalue weighted by atomic mass is 19.4. The van der Waals surface area contributed by atoms with Gasteiger partial charge in [0.2, 0.25) is 0 Å².